The molecular weight excluding hydrogens is 211 g/mol. The van der Waals surface area contributed by atoms with Crippen molar-refractivity contribution in [2.24, 2.45) is 0 Å². The Balaban J connectivity index is 3.10. The molecule has 1 aliphatic rings. The molecule has 0 unspecified atom stereocenters. The van der Waals surface area contributed by atoms with Gasteiger partial charge in [-0.2, -0.15) is 8.78 Å². The molecule has 0 aliphatic heterocycles. The van der Waals surface area contributed by atoms with Gasteiger partial charge in [0.1, 0.15) is 5.03 Å². The highest BCUT2D eigenvalue weighted by atomic mass is 35.5. The van der Waals surface area contributed by atoms with Gasteiger partial charge >= 0.3 is 5.92 Å². The van der Waals surface area contributed by atoms with Crippen molar-refractivity contribution in [3.63, 3.8) is 0 Å². The van der Waals surface area contributed by atoms with Crippen LogP contribution in [0.15, 0.2) is 10.1 Å². The molecule has 0 aromatic heterocycles. The standard InChI is InChI=1S/C4Cl3F3/c5-1-2(6)4(9,10)3(1,7)8/t3-/m1/s1. The van der Waals surface area contributed by atoms with E-state index in [1.807, 2.05) is 0 Å². The van der Waals surface area contributed by atoms with Crippen LogP contribution in [0.4, 0.5) is 13.2 Å². The van der Waals surface area contributed by atoms with Gasteiger partial charge in [-0.25, -0.2) is 4.39 Å². The molecule has 0 saturated heterocycles. The fourth-order valence-corrected chi connectivity index (χ4v) is 1.27. The molecule has 10 heavy (non-hydrogen) atoms. The average molecular weight is 211 g/mol. The van der Waals surface area contributed by atoms with Crippen LogP contribution >= 0.6 is 34.8 Å². The van der Waals surface area contributed by atoms with Gasteiger partial charge in [0, 0.05) is 0 Å². The third kappa shape index (κ3) is 0.713. The van der Waals surface area contributed by atoms with Crippen LogP contribution in [-0.4, -0.2) is 11.1 Å². The van der Waals surface area contributed by atoms with Crippen LogP contribution in [0.3, 0.4) is 0 Å². The second-order valence-electron chi connectivity index (χ2n) is 1.78. The Hall–Kier alpha value is 0.400. The van der Waals surface area contributed by atoms with Crippen LogP contribution in [0.2, 0.25) is 0 Å². The molecule has 0 aromatic carbocycles. The number of hydrogen-bond acceptors (Lipinski definition) is 0. The maximum absolute atomic E-state index is 12.4. The first-order valence-corrected chi connectivity index (χ1v) is 3.27. The average Bonchev–Trinajstić information content (AvgIpc) is 1.84. The van der Waals surface area contributed by atoms with Gasteiger partial charge in [-0.15, -0.1) is 0 Å². The molecule has 1 aliphatic carbocycles. The zero-order chi connectivity index (χ0) is 8.15. The number of hydrogen-bond donors (Lipinski definition) is 0. The molecule has 1 rings (SSSR count). The van der Waals surface area contributed by atoms with Crippen molar-refractivity contribution < 1.29 is 13.2 Å². The molecule has 0 N–H and O–H groups in total. The summed E-state index contributed by atoms with van der Waals surface area (Å²) in [6.07, 6.45) is 0. The zero-order valence-corrected chi connectivity index (χ0v) is 6.54. The van der Waals surface area contributed by atoms with Crippen molar-refractivity contribution in [2.75, 3.05) is 0 Å². The molecule has 0 saturated carbocycles. The third-order valence-electron chi connectivity index (χ3n) is 1.14. The molecule has 0 radical (unpaired) electrons. The van der Waals surface area contributed by atoms with Crippen molar-refractivity contribution in [3.05, 3.63) is 10.1 Å². The van der Waals surface area contributed by atoms with Gasteiger partial charge in [0.15, 0.2) is 0 Å². The Bertz CT molecular complexity index is 186. The summed E-state index contributed by atoms with van der Waals surface area (Å²) in [5.41, 5.74) is 0. The summed E-state index contributed by atoms with van der Waals surface area (Å²) >= 11 is 14.4. The smallest absolute Gasteiger partial charge is 0.213 e. The van der Waals surface area contributed by atoms with Gasteiger partial charge in [-0.3, -0.25) is 0 Å². The Morgan fingerprint density at radius 1 is 1.00 bits per heavy atom. The molecule has 0 amide bonds. The summed E-state index contributed by atoms with van der Waals surface area (Å²) in [6, 6.07) is 0. The van der Waals surface area contributed by atoms with E-state index in [2.05, 4.69) is 11.6 Å². The van der Waals surface area contributed by atoms with E-state index < -0.39 is 21.1 Å². The van der Waals surface area contributed by atoms with Gasteiger partial charge in [-0.1, -0.05) is 34.8 Å². The zero-order valence-electron chi connectivity index (χ0n) is 4.27. The molecule has 0 bridgehead atoms. The summed E-state index contributed by atoms with van der Waals surface area (Å²) in [7, 11) is 0. The third-order valence-corrected chi connectivity index (χ3v) is 2.63. The van der Waals surface area contributed by atoms with Crippen molar-refractivity contribution in [2.45, 2.75) is 11.1 Å². The molecule has 1 atom stereocenters. The summed E-state index contributed by atoms with van der Waals surface area (Å²) < 4.78 is 36.7. The largest absolute Gasteiger partial charge is 0.337 e. The summed E-state index contributed by atoms with van der Waals surface area (Å²) in [5.74, 6) is -3.84. The van der Waals surface area contributed by atoms with Crippen LogP contribution in [0.1, 0.15) is 0 Å². The Labute approximate surface area is 69.5 Å². The van der Waals surface area contributed by atoms with Crippen LogP contribution in [0.25, 0.3) is 0 Å². The summed E-state index contributed by atoms with van der Waals surface area (Å²) in [4.78, 5) is 0. The topological polar surface area (TPSA) is 0 Å². The molecule has 0 heterocycles. The Kier molecular flexibility index (Phi) is 1.66. The molecule has 0 fully saturated rings. The highest BCUT2D eigenvalue weighted by Crippen LogP contribution is 2.59. The maximum Gasteiger partial charge on any atom is 0.337 e. The molecule has 0 spiro atoms. The van der Waals surface area contributed by atoms with Gasteiger partial charge in [0.2, 0.25) is 0 Å². The first-order chi connectivity index (χ1) is 4.32. The van der Waals surface area contributed by atoms with E-state index in [0.29, 0.717) is 0 Å². The predicted molar refractivity (Wildman–Crippen MR) is 33.4 cm³/mol. The van der Waals surface area contributed by atoms with Gasteiger partial charge in [-0.05, 0) is 0 Å². The van der Waals surface area contributed by atoms with Crippen molar-refractivity contribution in [3.8, 4) is 0 Å². The second kappa shape index (κ2) is 1.96. The normalized spacial score (nSPS) is 37.8. The SMILES string of the molecule is FC1(F)C(Cl)=C(Cl)[C@]1(F)Cl. The molecule has 6 heteroatoms. The van der Waals surface area contributed by atoms with Crippen molar-refractivity contribution in [1.82, 2.24) is 0 Å². The van der Waals surface area contributed by atoms with E-state index >= 15 is 0 Å². The highest BCUT2D eigenvalue weighted by Gasteiger charge is 2.68. The van der Waals surface area contributed by atoms with Crippen molar-refractivity contribution in [1.29, 1.82) is 0 Å². The minimum atomic E-state index is -3.84. The first-order valence-electron chi connectivity index (χ1n) is 2.13. The lowest BCUT2D eigenvalue weighted by atomic mass is 10.0. The van der Waals surface area contributed by atoms with Crippen LogP contribution < -0.4 is 0 Å². The predicted octanol–water partition coefficient (Wildman–Crippen LogP) is 3.23. The van der Waals surface area contributed by atoms with E-state index in [-0.39, 0.29) is 0 Å². The Morgan fingerprint density at radius 2 is 1.40 bits per heavy atom. The number of halogens is 6. The minimum Gasteiger partial charge on any atom is -0.213 e. The summed E-state index contributed by atoms with van der Waals surface area (Å²) in [6.45, 7) is 0. The van der Waals surface area contributed by atoms with Crippen molar-refractivity contribution >= 4 is 34.8 Å². The lowest BCUT2D eigenvalue weighted by Gasteiger charge is -2.36. The van der Waals surface area contributed by atoms with Crippen LogP contribution in [-0.2, 0) is 0 Å². The van der Waals surface area contributed by atoms with Gasteiger partial charge < -0.3 is 0 Å². The van der Waals surface area contributed by atoms with Gasteiger partial charge in [0.05, 0.1) is 5.03 Å². The summed E-state index contributed by atoms with van der Waals surface area (Å²) in [5, 5.41) is -5.15. The van der Waals surface area contributed by atoms with E-state index in [4.69, 9.17) is 23.2 Å². The van der Waals surface area contributed by atoms with E-state index in [1.54, 1.807) is 0 Å². The minimum absolute atomic E-state index is 0.833. The second-order valence-corrected chi connectivity index (χ2v) is 3.05. The monoisotopic (exact) mass is 210 g/mol. The lowest BCUT2D eigenvalue weighted by molar-refractivity contribution is -0.0600. The molecule has 58 valence electrons. The van der Waals surface area contributed by atoms with E-state index in [0.717, 1.165) is 0 Å². The fraction of sp³-hybridized carbons (Fsp3) is 0.500. The van der Waals surface area contributed by atoms with Crippen LogP contribution in [0, 0.1) is 0 Å². The first kappa shape index (κ1) is 8.50. The fourth-order valence-electron chi connectivity index (χ4n) is 0.489. The molecule has 0 nitrogen and oxygen atoms in total. The number of allylic oxidation sites excluding steroid dienone is 2. The Morgan fingerprint density at radius 3 is 1.50 bits per heavy atom. The highest BCUT2D eigenvalue weighted by molar-refractivity contribution is 6.48. The number of alkyl halides is 4. The van der Waals surface area contributed by atoms with Gasteiger partial charge in [0.25, 0.3) is 5.13 Å². The van der Waals surface area contributed by atoms with E-state index in [9.17, 15) is 13.2 Å². The molecular formula is C4Cl3F3. The maximum atomic E-state index is 12.4. The van der Waals surface area contributed by atoms with Crippen LogP contribution in [0.5, 0.6) is 0 Å². The lowest BCUT2D eigenvalue weighted by Crippen LogP contribution is -2.49. The quantitative estimate of drug-likeness (QED) is 0.540. The number of rotatable bonds is 0. The molecule has 0 aromatic rings. The van der Waals surface area contributed by atoms with E-state index in [1.165, 1.54) is 0 Å².